The minimum Gasteiger partial charge on any atom is -0.281 e. The standard InChI is InChI=1S/C13H15FN4O/c1-10(19)17(2)15-9-12-6-7-18(16-12)13-5-3-4-11(14)8-13/h3-8,15H,9H2,1-2H3. The number of aromatic nitrogens is 2. The van der Waals surface area contributed by atoms with Gasteiger partial charge in [-0.1, -0.05) is 6.07 Å². The van der Waals surface area contributed by atoms with Crippen LogP contribution >= 0.6 is 0 Å². The van der Waals surface area contributed by atoms with Crippen LogP contribution < -0.4 is 5.43 Å². The maximum Gasteiger partial charge on any atom is 0.233 e. The molecule has 0 saturated carbocycles. The van der Waals surface area contributed by atoms with Gasteiger partial charge in [-0.05, 0) is 24.3 Å². The second kappa shape index (κ2) is 5.62. The predicted molar refractivity (Wildman–Crippen MR) is 68.8 cm³/mol. The van der Waals surface area contributed by atoms with Crippen molar-refractivity contribution in [2.24, 2.45) is 0 Å². The lowest BCUT2D eigenvalue weighted by molar-refractivity contribution is -0.130. The van der Waals surface area contributed by atoms with Crippen LogP contribution in [0, 0.1) is 5.82 Å². The Kier molecular flexibility index (Phi) is 3.91. The Labute approximate surface area is 110 Å². The average molecular weight is 262 g/mol. The minimum atomic E-state index is -0.302. The van der Waals surface area contributed by atoms with E-state index in [0.717, 1.165) is 5.69 Å². The number of carbonyl (C=O) groups excluding carboxylic acids is 1. The summed E-state index contributed by atoms with van der Waals surface area (Å²) in [6, 6.07) is 8.01. The summed E-state index contributed by atoms with van der Waals surface area (Å²) >= 11 is 0. The first-order valence-corrected chi connectivity index (χ1v) is 5.84. The minimum absolute atomic E-state index is 0.0791. The Bertz CT molecular complexity index is 582. The second-order valence-corrected chi connectivity index (χ2v) is 4.14. The van der Waals surface area contributed by atoms with Crippen LogP contribution in [-0.4, -0.2) is 27.7 Å². The molecule has 0 unspecified atom stereocenters. The number of nitrogens with zero attached hydrogens (tertiary/aromatic N) is 3. The molecule has 6 heteroatoms. The van der Waals surface area contributed by atoms with Crippen molar-refractivity contribution in [1.82, 2.24) is 20.2 Å². The highest BCUT2D eigenvalue weighted by Gasteiger charge is 2.05. The van der Waals surface area contributed by atoms with Crippen molar-refractivity contribution in [2.45, 2.75) is 13.5 Å². The smallest absolute Gasteiger partial charge is 0.233 e. The normalized spacial score (nSPS) is 10.5. The largest absolute Gasteiger partial charge is 0.281 e. The van der Waals surface area contributed by atoms with Gasteiger partial charge in [0.1, 0.15) is 5.82 Å². The summed E-state index contributed by atoms with van der Waals surface area (Å²) in [5.74, 6) is -0.381. The number of benzene rings is 1. The second-order valence-electron chi connectivity index (χ2n) is 4.14. The van der Waals surface area contributed by atoms with Gasteiger partial charge in [-0.2, -0.15) is 5.10 Å². The van der Waals surface area contributed by atoms with Crippen LogP contribution in [0.25, 0.3) is 5.69 Å². The fourth-order valence-corrected chi connectivity index (χ4v) is 1.53. The maximum atomic E-state index is 13.1. The van der Waals surface area contributed by atoms with E-state index in [0.29, 0.717) is 12.2 Å². The molecule has 0 aliphatic carbocycles. The van der Waals surface area contributed by atoms with Crippen molar-refractivity contribution < 1.29 is 9.18 Å². The molecule has 1 N–H and O–H groups in total. The van der Waals surface area contributed by atoms with Crippen LogP contribution in [-0.2, 0) is 11.3 Å². The van der Waals surface area contributed by atoms with E-state index in [9.17, 15) is 9.18 Å². The van der Waals surface area contributed by atoms with Gasteiger partial charge in [-0.25, -0.2) is 14.5 Å². The van der Waals surface area contributed by atoms with Crippen LogP contribution in [0.4, 0.5) is 4.39 Å². The first kappa shape index (κ1) is 13.2. The van der Waals surface area contributed by atoms with Crippen molar-refractivity contribution in [1.29, 1.82) is 0 Å². The molecule has 2 rings (SSSR count). The van der Waals surface area contributed by atoms with Crippen molar-refractivity contribution in [3.05, 3.63) is 48.0 Å². The molecule has 1 amide bonds. The van der Waals surface area contributed by atoms with Gasteiger partial charge in [-0.15, -0.1) is 0 Å². The third-order valence-corrected chi connectivity index (χ3v) is 2.69. The number of hydrogen-bond donors (Lipinski definition) is 1. The topological polar surface area (TPSA) is 50.2 Å². The van der Waals surface area contributed by atoms with Crippen molar-refractivity contribution in [2.75, 3.05) is 7.05 Å². The van der Waals surface area contributed by atoms with Gasteiger partial charge >= 0.3 is 0 Å². The Morgan fingerprint density at radius 1 is 1.47 bits per heavy atom. The van der Waals surface area contributed by atoms with E-state index in [2.05, 4.69) is 10.5 Å². The number of rotatable bonds is 4. The Morgan fingerprint density at radius 2 is 2.26 bits per heavy atom. The molecule has 100 valence electrons. The number of amides is 1. The number of halogens is 1. The lowest BCUT2D eigenvalue weighted by Gasteiger charge is -2.14. The van der Waals surface area contributed by atoms with E-state index < -0.39 is 0 Å². The Hall–Kier alpha value is -2.21. The highest BCUT2D eigenvalue weighted by Crippen LogP contribution is 2.09. The monoisotopic (exact) mass is 262 g/mol. The van der Waals surface area contributed by atoms with Crippen molar-refractivity contribution in [3.8, 4) is 5.69 Å². The van der Waals surface area contributed by atoms with Gasteiger partial charge in [0.25, 0.3) is 0 Å². The number of carbonyl (C=O) groups is 1. The van der Waals surface area contributed by atoms with Crippen LogP contribution in [0.15, 0.2) is 36.5 Å². The summed E-state index contributed by atoms with van der Waals surface area (Å²) in [4.78, 5) is 11.0. The number of nitrogens with one attached hydrogen (secondary N) is 1. The maximum absolute atomic E-state index is 13.1. The van der Waals surface area contributed by atoms with Crippen molar-refractivity contribution in [3.63, 3.8) is 0 Å². The molecule has 19 heavy (non-hydrogen) atoms. The van der Waals surface area contributed by atoms with Crippen LogP contribution in [0.3, 0.4) is 0 Å². The summed E-state index contributed by atoms with van der Waals surface area (Å²) < 4.78 is 14.7. The molecule has 0 fully saturated rings. The first-order chi connectivity index (χ1) is 9.06. The molecular formula is C13H15FN4O. The van der Waals surface area contributed by atoms with E-state index in [1.165, 1.54) is 24.1 Å². The van der Waals surface area contributed by atoms with Crippen LogP contribution in [0.1, 0.15) is 12.6 Å². The van der Waals surface area contributed by atoms with Gasteiger partial charge in [-0.3, -0.25) is 9.80 Å². The summed E-state index contributed by atoms with van der Waals surface area (Å²) in [7, 11) is 1.64. The third kappa shape index (κ3) is 3.38. The summed E-state index contributed by atoms with van der Waals surface area (Å²) in [5, 5.41) is 5.69. The van der Waals surface area contributed by atoms with Gasteiger partial charge in [0.15, 0.2) is 0 Å². The Morgan fingerprint density at radius 3 is 2.95 bits per heavy atom. The van der Waals surface area contributed by atoms with Gasteiger partial charge in [0.2, 0.25) is 5.91 Å². The van der Waals surface area contributed by atoms with E-state index in [4.69, 9.17) is 0 Å². The van der Waals surface area contributed by atoms with Gasteiger partial charge < -0.3 is 0 Å². The number of hydrazine groups is 1. The third-order valence-electron chi connectivity index (χ3n) is 2.69. The summed E-state index contributed by atoms with van der Waals surface area (Å²) in [6.45, 7) is 1.90. The van der Waals surface area contributed by atoms with Gasteiger partial charge in [0.05, 0.1) is 17.9 Å². The molecule has 1 heterocycles. The molecule has 5 nitrogen and oxygen atoms in total. The highest BCUT2D eigenvalue weighted by molar-refractivity contribution is 5.72. The lowest BCUT2D eigenvalue weighted by atomic mass is 10.3. The van der Waals surface area contributed by atoms with E-state index in [-0.39, 0.29) is 11.7 Å². The molecule has 0 aliphatic rings. The van der Waals surface area contributed by atoms with Crippen LogP contribution in [0.2, 0.25) is 0 Å². The predicted octanol–water partition coefficient (Wildman–Crippen LogP) is 1.49. The van der Waals surface area contributed by atoms with Crippen LogP contribution in [0.5, 0.6) is 0 Å². The zero-order valence-corrected chi connectivity index (χ0v) is 10.8. The lowest BCUT2D eigenvalue weighted by Crippen LogP contribution is -2.37. The van der Waals surface area contributed by atoms with Crippen molar-refractivity contribution >= 4 is 5.91 Å². The number of hydrogen-bond acceptors (Lipinski definition) is 3. The fourth-order valence-electron chi connectivity index (χ4n) is 1.53. The molecule has 1 aromatic carbocycles. The summed E-state index contributed by atoms with van der Waals surface area (Å²) in [6.07, 6.45) is 1.75. The average Bonchev–Trinajstić information content (AvgIpc) is 2.84. The summed E-state index contributed by atoms with van der Waals surface area (Å²) in [5.41, 5.74) is 4.33. The van der Waals surface area contributed by atoms with E-state index >= 15 is 0 Å². The zero-order chi connectivity index (χ0) is 13.8. The van der Waals surface area contributed by atoms with E-state index in [1.807, 2.05) is 6.07 Å². The molecule has 0 atom stereocenters. The van der Waals surface area contributed by atoms with E-state index in [1.54, 1.807) is 30.1 Å². The zero-order valence-electron chi connectivity index (χ0n) is 10.8. The molecule has 0 spiro atoms. The highest BCUT2D eigenvalue weighted by atomic mass is 19.1. The molecule has 0 saturated heterocycles. The molecule has 1 aromatic heterocycles. The first-order valence-electron chi connectivity index (χ1n) is 5.84. The Balaban J connectivity index is 2.05. The fraction of sp³-hybridized carbons (Fsp3) is 0.231. The quantitative estimate of drug-likeness (QED) is 0.849. The molecule has 0 radical (unpaired) electrons. The molecular weight excluding hydrogens is 247 g/mol. The SMILES string of the molecule is CC(=O)N(C)NCc1ccn(-c2cccc(F)c2)n1. The molecule has 0 aliphatic heterocycles. The molecule has 2 aromatic rings. The van der Waals surface area contributed by atoms with Gasteiger partial charge in [0, 0.05) is 20.2 Å². The molecule has 0 bridgehead atoms.